The summed E-state index contributed by atoms with van der Waals surface area (Å²) < 4.78 is 35.1. The molecule has 28 heavy (non-hydrogen) atoms. The number of nitrogens with two attached hydrogens (primary N) is 1. The Morgan fingerprint density at radius 3 is 2.86 bits per heavy atom. The Balaban J connectivity index is 1.57. The molecule has 2 heterocycles. The molecule has 1 aliphatic rings. The van der Waals surface area contributed by atoms with Gasteiger partial charge in [-0.1, -0.05) is 30.3 Å². The highest BCUT2D eigenvalue weighted by Gasteiger charge is 2.26. The Labute approximate surface area is 164 Å². The zero-order valence-electron chi connectivity index (χ0n) is 15.0. The number of nitrogen functional groups attached to an aromatic ring is 1. The molecule has 6 nitrogen and oxygen atoms in total. The average Bonchev–Trinajstić information content (AvgIpc) is 3.04. The Morgan fingerprint density at radius 1 is 1.36 bits per heavy atom. The molecule has 1 atom stereocenters. The molecule has 4 rings (SSSR count). The Kier molecular flexibility index (Phi) is 4.97. The first kappa shape index (κ1) is 18.4. The second-order valence-electron chi connectivity index (χ2n) is 6.31. The molecule has 1 aliphatic heterocycles. The van der Waals surface area contributed by atoms with Crippen LogP contribution in [-0.4, -0.2) is 10.3 Å². The molecule has 2 N–H and O–H groups in total. The minimum atomic E-state index is -0.618. The summed E-state index contributed by atoms with van der Waals surface area (Å²) in [7, 11) is 0. The lowest BCUT2D eigenvalue weighted by Gasteiger charge is -2.28. The number of anilines is 1. The van der Waals surface area contributed by atoms with Crippen molar-refractivity contribution in [3.63, 3.8) is 0 Å². The van der Waals surface area contributed by atoms with E-state index in [1.54, 1.807) is 6.92 Å². The van der Waals surface area contributed by atoms with Gasteiger partial charge in [-0.15, -0.1) is 0 Å². The van der Waals surface area contributed by atoms with Crippen LogP contribution >= 0.6 is 11.5 Å². The van der Waals surface area contributed by atoms with E-state index in [9.17, 15) is 9.18 Å². The zero-order chi connectivity index (χ0) is 19.7. The van der Waals surface area contributed by atoms with Crippen LogP contribution in [0.4, 0.5) is 9.39 Å². The van der Waals surface area contributed by atoms with E-state index in [0.29, 0.717) is 22.6 Å². The monoisotopic (exact) mass is 400 g/mol. The van der Waals surface area contributed by atoms with Gasteiger partial charge in [0.2, 0.25) is 6.29 Å². The van der Waals surface area contributed by atoms with Crippen molar-refractivity contribution in [2.45, 2.75) is 26.4 Å². The number of nitrogens with zero attached hydrogens (tertiary/aromatic N) is 1. The lowest BCUT2D eigenvalue weighted by molar-refractivity contribution is -0.112. The van der Waals surface area contributed by atoms with Gasteiger partial charge in [-0.2, -0.15) is 4.37 Å². The maximum atomic E-state index is 14.0. The van der Waals surface area contributed by atoms with Gasteiger partial charge in [-0.05, 0) is 30.6 Å². The van der Waals surface area contributed by atoms with E-state index in [-0.39, 0.29) is 23.8 Å². The molecular formula is C20H17FN2O4S. The summed E-state index contributed by atoms with van der Waals surface area (Å²) in [6, 6.07) is 12.1. The van der Waals surface area contributed by atoms with Gasteiger partial charge in [-0.25, -0.2) is 9.18 Å². The molecule has 8 heteroatoms. The van der Waals surface area contributed by atoms with Gasteiger partial charge in [0.1, 0.15) is 28.7 Å². The minimum Gasteiger partial charge on any atom is -0.460 e. The van der Waals surface area contributed by atoms with Crippen molar-refractivity contribution in [3.05, 3.63) is 76.2 Å². The molecule has 0 aliphatic carbocycles. The Morgan fingerprint density at radius 2 is 2.14 bits per heavy atom. The number of fused-ring (bicyclic) bond motifs is 1. The third kappa shape index (κ3) is 3.56. The van der Waals surface area contributed by atoms with Crippen LogP contribution in [0.5, 0.6) is 5.75 Å². The van der Waals surface area contributed by atoms with Crippen LogP contribution in [0.25, 0.3) is 0 Å². The molecule has 0 saturated heterocycles. The Hall–Kier alpha value is -2.97. The van der Waals surface area contributed by atoms with Crippen LogP contribution in [0.15, 0.2) is 42.5 Å². The largest absolute Gasteiger partial charge is 0.460 e. The molecule has 0 radical (unpaired) electrons. The van der Waals surface area contributed by atoms with Crippen molar-refractivity contribution >= 4 is 22.5 Å². The number of benzene rings is 2. The van der Waals surface area contributed by atoms with E-state index in [4.69, 9.17) is 19.9 Å². The quantitative estimate of drug-likeness (QED) is 0.663. The smallest absolute Gasteiger partial charge is 0.343 e. The van der Waals surface area contributed by atoms with Crippen molar-refractivity contribution in [2.24, 2.45) is 0 Å². The van der Waals surface area contributed by atoms with Gasteiger partial charge in [0.15, 0.2) is 0 Å². The van der Waals surface area contributed by atoms with Gasteiger partial charge < -0.3 is 19.9 Å². The minimum absolute atomic E-state index is 0.158. The third-order valence-corrected chi connectivity index (χ3v) is 5.11. The fraction of sp³-hybridized carbons (Fsp3) is 0.200. The number of carbonyl (C=O) groups excluding carboxylic acids is 1. The van der Waals surface area contributed by atoms with E-state index >= 15 is 0 Å². The number of carbonyl (C=O) groups is 1. The van der Waals surface area contributed by atoms with Crippen molar-refractivity contribution in [2.75, 3.05) is 5.73 Å². The van der Waals surface area contributed by atoms with Gasteiger partial charge in [-0.3, -0.25) is 0 Å². The molecule has 2 aromatic carbocycles. The molecule has 0 fully saturated rings. The van der Waals surface area contributed by atoms with Crippen LogP contribution in [0, 0.1) is 12.7 Å². The van der Waals surface area contributed by atoms with Crippen LogP contribution in [0.2, 0.25) is 0 Å². The SMILES string of the molecule is Cc1nsc(N)c1C(=O)OCc1cc(F)cc2c1O[C@H](c1ccccc1)OC2. The lowest BCUT2D eigenvalue weighted by Crippen LogP contribution is -2.20. The highest BCUT2D eigenvalue weighted by molar-refractivity contribution is 7.10. The summed E-state index contributed by atoms with van der Waals surface area (Å²) in [4.78, 5) is 12.4. The van der Waals surface area contributed by atoms with E-state index in [1.165, 1.54) is 12.1 Å². The lowest BCUT2D eigenvalue weighted by atomic mass is 10.1. The van der Waals surface area contributed by atoms with Gasteiger partial charge in [0.25, 0.3) is 0 Å². The van der Waals surface area contributed by atoms with E-state index in [0.717, 1.165) is 17.1 Å². The number of rotatable bonds is 4. The first-order valence-corrected chi connectivity index (χ1v) is 9.33. The van der Waals surface area contributed by atoms with E-state index in [2.05, 4.69) is 4.37 Å². The van der Waals surface area contributed by atoms with Crippen molar-refractivity contribution in [1.82, 2.24) is 4.37 Å². The summed E-state index contributed by atoms with van der Waals surface area (Å²) in [5, 5.41) is 0.289. The standard InChI is InChI=1S/C20H17FN2O4S/c1-11-16(18(22)28-23-11)19(24)25-9-13-7-15(21)8-14-10-26-20(27-17(13)14)12-5-3-2-4-6-12/h2-8,20H,9-10,22H2,1H3/t20-/m1/s1. The predicted molar refractivity (Wildman–Crippen MR) is 101 cm³/mol. The van der Waals surface area contributed by atoms with Crippen LogP contribution in [-0.2, 0) is 22.7 Å². The summed E-state index contributed by atoms with van der Waals surface area (Å²) in [6.45, 7) is 1.71. The zero-order valence-corrected chi connectivity index (χ0v) is 15.8. The fourth-order valence-corrected chi connectivity index (χ4v) is 3.66. The van der Waals surface area contributed by atoms with E-state index < -0.39 is 18.1 Å². The summed E-state index contributed by atoms with van der Waals surface area (Å²) in [5.41, 5.74) is 8.35. The molecule has 1 aromatic heterocycles. The summed E-state index contributed by atoms with van der Waals surface area (Å²) >= 11 is 1.03. The van der Waals surface area contributed by atoms with Crippen molar-refractivity contribution < 1.29 is 23.4 Å². The van der Waals surface area contributed by atoms with Gasteiger partial charge in [0.05, 0.1) is 12.3 Å². The molecule has 0 bridgehead atoms. The second kappa shape index (κ2) is 7.57. The number of halogens is 1. The predicted octanol–water partition coefficient (Wildman–Crippen LogP) is 4.14. The van der Waals surface area contributed by atoms with Crippen molar-refractivity contribution in [1.29, 1.82) is 0 Å². The molecule has 0 spiro atoms. The first-order valence-electron chi connectivity index (χ1n) is 8.56. The number of hydrogen-bond donors (Lipinski definition) is 1. The molecular weight excluding hydrogens is 383 g/mol. The Bertz CT molecular complexity index is 1000. The van der Waals surface area contributed by atoms with Crippen LogP contribution in [0.1, 0.15) is 39.0 Å². The number of aromatic nitrogens is 1. The van der Waals surface area contributed by atoms with Gasteiger partial charge in [0, 0.05) is 16.7 Å². The van der Waals surface area contributed by atoms with Crippen molar-refractivity contribution in [3.8, 4) is 5.75 Å². The molecule has 0 unspecified atom stereocenters. The highest BCUT2D eigenvalue weighted by atomic mass is 32.1. The summed E-state index contributed by atoms with van der Waals surface area (Å²) in [6.07, 6.45) is -0.618. The molecule has 3 aromatic rings. The number of aryl methyl sites for hydroxylation is 1. The fourth-order valence-electron chi connectivity index (χ4n) is 3.01. The average molecular weight is 400 g/mol. The topological polar surface area (TPSA) is 83.7 Å². The first-order chi connectivity index (χ1) is 13.5. The number of hydrogen-bond acceptors (Lipinski definition) is 7. The summed E-state index contributed by atoms with van der Waals surface area (Å²) in [5.74, 6) is -0.598. The molecule has 144 valence electrons. The van der Waals surface area contributed by atoms with Crippen LogP contribution in [0.3, 0.4) is 0 Å². The maximum absolute atomic E-state index is 14.0. The van der Waals surface area contributed by atoms with E-state index in [1.807, 2.05) is 30.3 Å². The second-order valence-corrected chi connectivity index (χ2v) is 7.11. The van der Waals surface area contributed by atoms with Gasteiger partial charge >= 0.3 is 5.97 Å². The normalized spacial score (nSPS) is 15.6. The van der Waals surface area contributed by atoms with Crippen LogP contribution < -0.4 is 10.5 Å². The number of esters is 1. The highest BCUT2D eigenvalue weighted by Crippen LogP contribution is 2.37. The number of ether oxygens (including phenoxy) is 3. The maximum Gasteiger partial charge on any atom is 0.343 e. The third-order valence-electron chi connectivity index (χ3n) is 4.35. The molecule has 0 saturated carbocycles. The molecule has 0 amide bonds.